The maximum absolute atomic E-state index is 13.1. The third kappa shape index (κ3) is 11.0. The number of carbonyl (C=O) groups excluding carboxylic acids is 3. The fourth-order valence-electron chi connectivity index (χ4n) is 3.38. The van der Waals surface area contributed by atoms with E-state index in [2.05, 4.69) is 20.9 Å². The average molecular weight is 538 g/mol. The fourth-order valence-corrected chi connectivity index (χ4v) is 3.38. The molecule has 14 nitrogen and oxygen atoms in total. The van der Waals surface area contributed by atoms with Crippen LogP contribution < -0.4 is 33.2 Å². The van der Waals surface area contributed by atoms with Gasteiger partial charge in [-0.05, 0) is 43.4 Å². The molecule has 3 amide bonds. The predicted molar refractivity (Wildman–Crippen MR) is 140 cm³/mol. The number of nitrogens with one attached hydrogen (secondary N) is 3. The van der Waals surface area contributed by atoms with Gasteiger partial charge in [0.2, 0.25) is 17.7 Å². The molecule has 5 unspecified atom stereocenters. The molecule has 12 N–H and O–H groups in total. The Morgan fingerprint density at radius 2 is 1.50 bits per heavy atom. The molecule has 5 atom stereocenters. The van der Waals surface area contributed by atoms with Crippen molar-refractivity contribution >= 4 is 29.7 Å². The second kappa shape index (κ2) is 15.4. The molecule has 14 heteroatoms. The van der Waals surface area contributed by atoms with Gasteiger partial charge in [-0.15, -0.1) is 0 Å². The van der Waals surface area contributed by atoms with Crippen LogP contribution in [0.25, 0.3) is 0 Å². The van der Waals surface area contributed by atoms with Crippen molar-refractivity contribution in [2.45, 2.75) is 70.3 Å². The Balaban J connectivity index is 3.01. The van der Waals surface area contributed by atoms with Crippen LogP contribution in [0.4, 0.5) is 0 Å². The lowest BCUT2D eigenvalue weighted by Crippen LogP contribution is -2.59. The molecule has 1 aromatic carbocycles. The number of nitrogens with two attached hydrogens (primary N) is 3. The summed E-state index contributed by atoms with van der Waals surface area (Å²) in [5.74, 6) is -4.06. The first-order valence-corrected chi connectivity index (χ1v) is 12.1. The van der Waals surface area contributed by atoms with Crippen LogP contribution in [0.1, 0.15) is 39.2 Å². The highest BCUT2D eigenvalue weighted by molar-refractivity contribution is 5.94. The molecule has 0 aliphatic rings. The molecule has 1 rings (SSSR count). The molecule has 38 heavy (non-hydrogen) atoms. The largest absolute Gasteiger partial charge is 0.508 e. The highest BCUT2D eigenvalue weighted by Crippen LogP contribution is 2.12. The lowest BCUT2D eigenvalue weighted by Gasteiger charge is -2.27. The van der Waals surface area contributed by atoms with Crippen molar-refractivity contribution in [3.8, 4) is 5.75 Å². The first-order valence-electron chi connectivity index (χ1n) is 12.1. The van der Waals surface area contributed by atoms with Crippen LogP contribution in [0, 0.1) is 5.92 Å². The number of phenols is 1. The number of carboxylic acids is 1. The van der Waals surface area contributed by atoms with E-state index >= 15 is 0 Å². The molecule has 0 bridgehead atoms. The van der Waals surface area contributed by atoms with E-state index in [-0.39, 0.29) is 31.1 Å². The van der Waals surface area contributed by atoms with Gasteiger partial charge in [0.1, 0.15) is 29.9 Å². The van der Waals surface area contributed by atoms with E-state index in [0.717, 1.165) is 0 Å². The van der Waals surface area contributed by atoms with Gasteiger partial charge in [0.25, 0.3) is 0 Å². The predicted octanol–water partition coefficient (Wildman–Crippen LogP) is -2.11. The van der Waals surface area contributed by atoms with Crippen molar-refractivity contribution in [1.29, 1.82) is 0 Å². The Kier molecular flexibility index (Phi) is 13.0. The van der Waals surface area contributed by atoms with Gasteiger partial charge in [-0.2, -0.15) is 0 Å². The van der Waals surface area contributed by atoms with Crippen LogP contribution >= 0.6 is 0 Å². The van der Waals surface area contributed by atoms with E-state index in [1.165, 1.54) is 31.2 Å². The zero-order valence-electron chi connectivity index (χ0n) is 21.8. The number of hydrogen-bond acceptors (Lipinski definition) is 8. The van der Waals surface area contributed by atoms with Crippen molar-refractivity contribution in [3.63, 3.8) is 0 Å². The SMILES string of the molecule is CC(C)C(NC(=O)C(CCCN=C(N)N)NC(=O)C(N)C(C)O)C(=O)NC(Cc1ccc(O)cc1)C(=O)O. The number of aliphatic imine (C=N–C) groups is 1. The van der Waals surface area contributed by atoms with Gasteiger partial charge in [-0.3, -0.25) is 19.4 Å². The van der Waals surface area contributed by atoms with Gasteiger partial charge in [-0.1, -0.05) is 26.0 Å². The minimum Gasteiger partial charge on any atom is -0.508 e. The molecule has 0 aliphatic heterocycles. The number of carbonyl (C=O) groups is 4. The molecule has 0 aliphatic carbocycles. The van der Waals surface area contributed by atoms with Crippen LogP contribution in [0.15, 0.2) is 29.3 Å². The zero-order chi connectivity index (χ0) is 29.0. The monoisotopic (exact) mass is 537 g/mol. The summed E-state index contributed by atoms with van der Waals surface area (Å²) in [6, 6.07) is 1.01. The number of benzene rings is 1. The number of phenolic OH excluding ortho intramolecular Hbond substituents is 1. The third-order valence-corrected chi connectivity index (χ3v) is 5.64. The lowest BCUT2D eigenvalue weighted by atomic mass is 10.00. The Hall–Kier alpha value is -3.91. The number of hydrogen-bond donors (Lipinski definition) is 9. The molecule has 0 heterocycles. The van der Waals surface area contributed by atoms with E-state index in [1.54, 1.807) is 13.8 Å². The highest BCUT2D eigenvalue weighted by atomic mass is 16.4. The van der Waals surface area contributed by atoms with Gasteiger partial charge in [0.05, 0.1) is 6.10 Å². The molecule has 212 valence electrons. The van der Waals surface area contributed by atoms with E-state index in [0.29, 0.717) is 12.0 Å². The zero-order valence-corrected chi connectivity index (χ0v) is 21.8. The number of carboxylic acid groups (broad SMARTS) is 1. The quantitative estimate of drug-likeness (QED) is 0.0668. The molecule has 0 spiro atoms. The van der Waals surface area contributed by atoms with Crippen molar-refractivity contribution in [2.24, 2.45) is 28.1 Å². The van der Waals surface area contributed by atoms with Crippen LogP contribution in [-0.4, -0.2) is 81.8 Å². The first-order chi connectivity index (χ1) is 17.7. The summed E-state index contributed by atoms with van der Waals surface area (Å²) in [5, 5.41) is 36.1. The van der Waals surface area contributed by atoms with Crippen molar-refractivity contribution in [1.82, 2.24) is 16.0 Å². The first kappa shape index (κ1) is 32.1. The Bertz CT molecular complexity index is 979. The Labute approximate surface area is 221 Å². The van der Waals surface area contributed by atoms with Gasteiger partial charge in [0.15, 0.2) is 5.96 Å². The number of amides is 3. The molecule has 0 aromatic heterocycles. The molecule has 0 fully saturated rings. The van der Waals surface area contributed by atoms with Crippen LogP contribution in [0.3, 0.4) is 0 Å². The van der Waals surface area contributed by atoms with Crippen LogP contribution in [0.5, 0.6) is 5.75 Å². The van der Waals surface area contributed by atoms with E-state index in [9.17, 15) is 34.5 Å². The number of aromatic hydroxyl groups is 1. The number of rotatable bonds is 15. The smallest absolute Gasteiger partial charge is 0.326 e. The molecule has 0 radical (unpaired) electrons. The Morgan fingerprint density at radius 1 is 0.921 bits per heavy atom. The van der Waals surface area contributed by atoms with Gasteiger partial charge in [-0.25, -0.2) is 4.79 Å². The maximum atomic E-state index is 13.1. The van der Waals surface area contributed by atoms with E-state index < -0.39 is 59.9 Å². The number of nitrogens with zero attached hydrogens (tertiary/aromatic N) is 1. The van der Waals surface area contributed by atoms with Crippen LogP contribution in [0.2, 0.25) is 0 Å². The summed E-state index contributed by atoms with van der Waals surface area (Å²) in [5.41, 5.74) is 16.9. The van der Waals surface area contributed by atoms with E-state index in [1.807, 2.05) is 0 Å². The molecule has 1 aromatic rings. The van der Waals surface area contributed by atoms with Gasteiger partial charge in [0, 0.05) is 13.0 Å². The third-order valence-electron chi connectivity index (χ3n) is 5.64. The van der Waals surface area contributed by atoms with Gasteiger partial charge < -0.3 is 48.5 Å². The summed E-state index contributed by atoms with van der Waals surface area (Å²) < 4.78 is 0. The number of aliphatic hydroxyl groups is 1. The normalized spacial score (nSPS) is 14.9. The van der Waals surface area contributed by atoms with Gasteiger partial charge >= 0.3 is 5.97 Å². The van der Waals surface area contributed by atoms with Crippen LogP contribution in [-0.2, 0) is 25.6 Å². The average Bonchev–Trinajstić information content (AvgIpc) is 2.83. The molecule has 0 saturated heterocycles. The number of guanidine groups is 1. The Morgan fingerprint density at radius 3 is 2.00 bits per heavy atom. The minimum atomic E-state index is -1.30. The second-order valence-corrected chi connectivity index (χ2v) is 9.28. The summed E-state index contributed by atoms with van der Waals surface area (Å²) in [6.07, 6.45) is -0.838. The number of aliphatic carboxylic acids is 1. The fraction of sp³-hybridized carbons (Fsp3) is 0.542. The minimum absolute atomic E-state index is 0.0154. The summed E-state index contributed by atoms with van der Waals surface area (Å²) in [4.78, 5) is 54.2. The summed E-state index contributed by atoms with van der Waals surface area (Å²) in [7, 11) is 0. The van der Waals surface area contributed by atoms with E-state index in [4.69, 9.17) is 17.2 Å². The van der Waals surface area contributed by atoms with Crippen molar-refractivity contribution in [3.05, 3.63) is 29.8 Å². The second-order valence-electron chi connectivity index (χ2n) is 9.28. The molecule has 0 saturated carbocycles. The van der Waals surface area contributed by atoms with Crippen molar-refractivity contribution < 1.29 is 34.5 Å². The molecular formula is C24H39N7O7. The lowest BCUT2D eigenvalue weighted by molar-refractivity contribution is -0.142. The maximum Gasteiger partial charge on any atom is 0.326 e. The van der Waals surface area contributed by atoms with Crippen molar-refractivity contribution in [2.75, 3.05) is 6.54 Å². The summed E-state index contributed by atoms with van der Waals surface area (Å²) >= 11 is 0. The highest BCUT2D eigenvalue weighted by Gasteiger charge is 2.32. The number of aliphatic hydroxyl groups excluding tert-OH is 1. The topological polar surface area (TPSA) is 255 Å². The molecular weight excluding hydrogens is 498 g/mol. The summed E-state index contributed by atoms with van der Waals surface area (Å²) in [6.45, 7) is 4.83. The standard InChI is InChI=1S/C24H39N7O7/c1-12(2)19(22(36)30-17(23(37)38)11-14-6-8-15(33)9-7-14)31-20(34)16(5-4-10-28-24(26)27)29-21(35)18(25)13(3)32/h6-9,12-13,16-19,32-33H,4-5,10-11,25H2,1-3H3,(H,29,35)(H,30,36)(H,31,34)(H,37,38)(H4,26,27,28).